The van der Waals surface area contributed by atoms with Gasteiger partial charge >= 0.3 is 0 Å². The third-order valence-corrected chi connectivity index (χ3v) is 43.6. The summed E-state index contributed by atoms with van der Waals surface area (Å²) < 4.78 is 1.62. The summed E-state index contributed by atoms with van der Waals surface area (Å²) in [5.74, 6) is 31.6. The summed E-state index contributed by atoms with van der Waals surface area (Å²) in [6.07, 6.45) is 14.4. The fourth-order valence-electron chi connectivity index (χ4n) is 49.3. The maximum Gasteiger partial charge on any atom is 0.00298 e. The van der Waals surface area contributed by atoms with Gasteiger partial charge in [0.05, 0.1) is 0 Å². The Morgan fingerprint density at radius 1 is 0.448 bits per heavy atom. The molecule has 30 fully saturated rings. The standard InChI is InChI=1S/C57H55I/c1-5-42-33-25-18-8-17-24-31-26-19-9-20-27-32-28-21-10-22-30-38-41(4,46-13-45(42)34(33)35-29-16-6-14-7-23-47(14,16)57(29,51(23,38)46)56(35,45)46)55(30)37-15(11-58)36-52(26,39(31,2)43(24)12-44(25,42)48(17,18)43)49(19,20)53(27,36)40(32,3)54(28,37)50(21,22)55/h14-38H,5-13H2,1-4H3/t14?,15?,16?,17?,18?,19?,20?,21?,22?,23?,24?,25?,26?,27?,28?,29?,30?,31?,32?,33?,34?,35?,36-,37?,38?,39?,40?,41?,42?,43?,44?,45?,46?,47?,48?,49?,50?,51?,52?,53?,54?,55?,56?,57?/m0/s1. The third-order valence-electron chi connectivity index (χ3n) is 42.6. The highest BCUT2D eigenvalue weighted by atomic mass is 127. The van der Waals surface area contributed by atoms with E-state index in [1.54, 1.807) is 43.0 Å². The van der Waals surface area contributed by atoms with E-state index in [2.05, 4.69) is 50.3 Å². The van der Waals surface area contributed by atoms with Crippen LogP contribution in [0.5, 0.6) is 0 Å². The third kappa shape index (κ3) is 0.841. The van der Waals surface area contributed by atoms with Crippen molar-refractivity contribution in [2.24, 2.45) is 251 Å². The molecule has 0 aromatic rings. The topological polar surface area (TPSA) is 0 Å². The Labute approximate surface area is 354 Å². The van der Waals surface area contributed by atoms with Gasteiger partial charge < -0.3 is 0 Å². The van der Waals surface area contributed by atoms with Crippen molar-refractivity contribution < 1.29 is 0 Å². The minimum absolute atomic E-state index is 0.809. The van der Waals surface area contributed by atoms with Gasteiger partial charge in [-0.2, -0.15) is 0 Å². The van der Waals surface area contributed by atoms with Gasteiger partial charge in [0, 0.05) is 4.43 Å². The molecular formula is C57H55I. The van der Waals surface area contributed by atoms with Gasteiger partial charge in [-0.15, -0.1) is 0 Å². The number of hydrogen-bond donors (Lipinski definition) is 0. The van der Waals surface area contributed by atoms with Crippen molar-refractivity contribution in [3.63, 3.8) is 0 Å². The molecule has 0 aromatic carbocycles. The van der Waals surface area contributed by atoms with E-state index >= 15 is 0 Å². The van der Waals surface area contributed by atoms with E-state index in [1.165, 1.54) is 148 Å². The highest BCUT2D eigenvalue weighted by molar-refractivity contribution is 14.1. The van der Waals surface area contributed by atoms with E-state index in [1.807, 2.05) is 12.8 Å². The van der Waals surface area contributed by atoms with E-state index < -0.39 is 0 Å². The Morgan fingerprint density at radius 2 is 1.09 bits per heavy atom. The maximum atomic E-state index is 3.34. The van der Waals surface area contributed by atoms with Crippen molar-refractivity contribution in [1.82, 2.24) is 0 Å². The van der Waals surface area contributed by atoms with E-state index in [-0.39, 0.29) is 0 Å². The monoisotopic (exact) mass is 866 g/mol. The van der Waals surface area contributed by atoms with Crippen LogP contribution < -0.4 is 0 Å². The predicted molar refractivity (Wildman–Crippen MR) is 212 cm³/mol. The molecule has 0 heterocycles. The summed E-state index contributed by atoms with van der Waals surface area (Å²) in [5, 5.41) is 0. The molecule has 1 heteroatoms. The molecule has 0 aliphatic heterocycles. The smallest absolute Gasteiger partial charge is 0.00298 e. The summed E-state index contributed by atoms with van der Waals surface area (Å²) in [5.41, 5.74) is 17.1. The predicted octanol–water partition coefficient (Wildman–Crippen LogP) is 9.18. The summed E-state index contributed by atoms with van der Waals surface area (Å²) in [7, 11) is 0. The van der Waals surface area contributed by atoms with Gasteiger partial charge in [-0.25, -0.2) is 0 Å². The Morgan fingerprint density at radius 3 is 1.78 bits per heavy atom. The van der Waals surface area contributed by atoms with Crippen molar-refractivity contribution in [3.8, 4) is 0 Å². The van der Waals surface area contributed by atoms with E-state index in [9.17, 15) is 0 Å². The van der Waals surface area contributed by atoms with Crippen LogP contribution in [0.1, 0.15) is 79.1 Å². The van der Waals surface area contributed by atoms with Crippen molar-refractivity contribution >= 4 is 22.6 Å². The lowest BCUT2D eigenvalue weighted by Gasteiger charge is -3.37. The lowest BCUT2D eigenvalue weighted by Crippen LogP contribution is -3.35. The van der Waals surface area contributed by atoms with E-state index in [0.717, 1.165) is 103 Å². The van der Waals surface area contributed by atoms with Crippen LogP contribution in [0, 0.1) is 251 Å². The van der Waals surface area contributed by atoms with Gasteiger partial charge in [0.25, 0.3) is 0 Å². The Kier molecular flexibility index (Phi) is 2.06. The average molecular weight is 867 g/mol. The molecule has 43 unspecified atom stereocenters. The zero-order valence-electron chi connectivity index (χ0n) is 34.7. The van der Waals surface area contributed by atoms with Crippen molar-refractivity contribution in [2.75, 3.05) is 4.43 Å². The molecule has 8 bridgehead atoms. The summed E-state index contributed by atoms with van der Waals surface area (Å²) in [4.78, 5) is 0. The largest absolute Gasteiger partial charge is 0.0861 e. The van der Waals surface area contributed by atoms with Gasteiger partial charge in [0.2, 0.25) is 0 Å². The number of hydrogen-bond acceptors (Lipinski definition) is 0. The Hall–Kier alpha value is 0.730. The number of rotatable bonds is 2. The highest BCUT2D eigenvalue weighted by Gasteiger charge is 3.38. The van der Waals surface area contributed by atoms with Crippen LogP contribution in [0.3, 0.4) is 0 Å². The summed E-state index contributed by atoms with van der Waals surface area (Å²) >= 11 is 3.21. The molecule has 30 rings (SSSR count). The van der Waals surface area contributed by atoms with Gasteiger partial charge in [-0.05, 0) is 302 Å². The molecule has 0 nitrogen and oxygen atoms in total. The molecule has 0 saturated heterocycles. The molecule has 0 radical (unpaired) electrons. The molecule has 290 valence electrons. The second-order valence-electron chi connectivity index (χ2n) is 33.8. The van der Waals surface area contributed by atoms with E-state index in [0.29, 0.717) is 0 Å². The first-order valence-corrected chi connectivity index (χ1v) is 29.3. The molecule has 58 heavy (non-hydrogen) atoms. The SMILES string of the molecule is CCC12C3C4C5CC6C7C8C9C%10CC%11C%12C%13C%14C%15CC%16C%17C%18C(C)(C%17%19C%17C(CI)[C@H]%20C9(C8(C)C78CC41C658)C%10%11C%12%20C%13(C)C%14%17C%15%16%19)C14CC25C3C2C3C6CC7CC8C76C3(C8%181)C254. The van der Waals surface area contributed by atoms with Crippen LogP contribution in [0.4, 0.5) is 0 Å². The van der Waals surface area contributed by atoms with Crippen LogP contribution in [-0.2, 0) is 0 Å². The lowest BCUT2D eigenvalue weighted by atomic mass is 8.66. The zero-order chi connectivity index (χ0) is 35.3. The van der Waals surface area contributed by atoms with Crippen molar-refractivity contribution in [3.05, 3.63) is 0 Å². The molecule has 44 atom stereocenters. The van der Waals surface area contributed by atoms with Crippen molar-refractivity contribution in [1.29, 1.82) is 0 Å². The first-order valence-electron chi connectivity index (χ1n) is 27.8. The number of alkyl halides is 1. The van der Waals surface area contributed by atoms with Gasteiger partial charge in [0.15, 0.2) is 0 Å². The van der Waals surface area contributed by atoms with Crippen LogP contribution in [0.2, 0.25) is 0 Å². The second kappa shape index (κ2) is 4.70. The van der Waals surface area contributed by atoms with Crippen molar-refractivity contribution in [2.45, 2.75) is 79.1 Å². The van der Waals surface area contributed by atoms with Crippen LogP contribution in [0.25, 0.3) is 0 Å². The maximum absolute atomic E-state index is 3.34. The van der Waals surface area contributed by atoms with Crippen LogP contribution in [0.15, 0.2) is 0 Å². The summed E-state index contributed by atoms with van der Waals surface area (Å²) in [6, 6.07) is 0. The minimum atomic E-state index is 0.809. The Bertz CT molecular complexity index is 3020. The fourth-order valence-corrected chi connectivity index (χ4v) is 50.4. The molecule has 0 aromatic heterocycles. The Balaban J connectivity index is 0.794. The quantitative estimate of drug-likeness (QED) is 0.192. The van der Waals surface area contributed by atoms with Gasteiger partial charge in [-0.3, -0.25) is 0 Å². The number of halogens is 1. The molecule has 30 aliphatic rings. The average Bonchev–Trinajstić information content (AvgIpc) is 3.10. The van der Waals surface area contributed by atoms with E-state index in [4.69, 9.17) is 0 Å². The molecule has 30 saturated carbocycles. The van der Waals surface area contributed by atoms with Gasteiger partial charge in [0.1, 0.15) is 0 Å². The molecule has 30 aliphatic carbocycles. The molecule has 0 amide bonds. The summed E-state index contributed by atoms with van der Waals surface area (Å²) in [6.45, 7) is 12.8. The zero-order valence-corrected chi connectivity index (χ0v) is 36.8. The normalized spacial score (nSPS) is 113. The molecular weight excluding hydrogens is 812 g/mol. The highest BCUT2D eigenvalue weighted by Crippen LogP contribution is 3.41. The van der Waals surface area contributed by atoms with Crippen LogP contribution in [-0.4, -0.2) is 4.43 Å². The minimum Gasteiger partial charge on any atom is -0.0861 e. The van der Waals surface area contributed by atoms with Crippen LogP contribution >= 0.6 is 22.6 Å². The molecule has 0 N–H and O–H groups in total. The first-order chi connectivity index (χ1) is 28.3. The fraction of sp³-hybridized carbons (Fsp3) is 1.00. The first kappa shape index (κ1) is 25.4. The second-order valence-corrected chi connectivity index (χ2v) is 34.7. The van der Waals surface area contributed by atoms with Gasteiger partial charge in [-0.1, -0.05) is 50.3 Å². The molecule has 15 spiro atoms. The lowest BCUT2D eigenvalue weighted by molar-refractivity contribution is -0.918. The number of fused-ring (bicyclic) bond motifs is 16.